The zero-order valence-electron chi connectivity index (χ0n) is 24.1. The molecule has 2 atom stereocenters. The summed E-state index contributed by atoms with van der Waals surface area (Å²) >= 11 is -1.13. The molecule has 43 heavy (non-hydrogen) atoms. The van der Waals surface area contributed by atoms with Crippen LogP contribution in [-0.4, -0.2) is 0 Å². The van der Waals surface area contributed by atoms with E-state index in [1.807, 2.05) is 0 Å². The van der Waals surface area contributed by atoms with Crippen LogP contribution >= 0.6 is 0 Å². The molecule has 8 rings (SSSR count). The van der Waals surface area contributed by atoms with Gasteiger partial charge in [0.05, 0.1) is 0 Å². The van der Waals surface area contributed by atoms with Crippen LogP contribution < -0.4 is 24.8 Å². The van der Waals surface area contributed by atoms with E-state index < -0.39 is 23.2 Å². The first-order valence-corrected chi connectivity index (χ1v) is 17.3. The normalized spacial score (nSPS) is 16.4. The molecule has 0 spiro atoms. The van der Waals surface area contributed by atoms with Gasteiger partial charge in [-0.2, -0.15) is 0 Å². The van der Waals surface area contributed by atoms with E-state index in [-0.39, 0.29) is 24.8 Å². The van der Waals surface area contributed by atoms with Crippen molar-refractivity contribution in [3.8, 4) is 0 Å². The predicted octanol–water partition coefficient (Wildman–Crippen LogP) is 4.59. The zero-order chi connectivity index (χ0) is 27.5. The molecule has 0 radical (unpaired) electrons. The maximum Gasteiger partial charge on any atom is -1.00 e. The average Bonchev–Trinajstić information content (AvgIpc) is 3.55. The van der Waals surface area contributed by atoms with Crippen LogP contribution in [0.3, 0.4) is 0 Å². The van der Waals surface area contributed by atoms with E-state index in [0.29, 0.717) is 7.25 Å². The maximum atomic E-state index is 2.51. The molecule has 2 aliphatic carbocycles. The summed E-state index contributed by atoms with van der Waals surface area (Å²) in [5.41, 5.74) is 14.4. The summed E-state index contributed by atoms with van der Waals surface area (Å²) in [5.74, 6) is 0. The molecule has 0 heterocycles. The molecule has 0 aliphatic heterocycles. The minimum absolute atomic E-state index is 0. The summed E-state index contributed by atoms with van der Waals surface area (Å²) in [4.78, 5) is 0. The van der Waals surface area contributed by atoms with Gasteiger partial charge in [-0.05, 0) is 0 Å². The largest absolute Gasteiger partial charge is 1.00 e. The molecule has 2 unspecified atom stereocenters. The van der Waals surface area contributed by atoms with E-state index in [0.717, 1.165) is 0 Å². The Hall–Kier alpha value is -3.22. The van der Waals surface area contributed by atoms with Crippen LogP contribution in [0, 0.1) is 13.8 Å². The molecule has 0 fully saturated rings. The van der Waals surface area contributed by atoms with Crippen LogP contribution in [0.4, 0.5) is 0 Å². The van der Waals surface area contributed by atoms with Crippen molar-refractivity contribution in [3.63, 3.8) is 0 Å². The first kappa shape index (κ1) is 29.8. The monoisotopic (exact) mass is 670 g/mol. The summed E-state index contributed by atoms with van der Waals surface area (Å²) in [6, 6.07) is 45.7. The third-order valence-electron chi connectivity index (χ3n) is 8.83. The van der Waals surface area contributed by atoms with Crippen molar-refractivity contribution in [3.05, 3.63) is 166 Å². The van der Waals surface area contributed by atoms with Crippen LogP contribution in [0.1, 0.15) is 51.8 Å². The third kappa shape index (κ3) is 5.17. The number of aryl methyl sites for hydroxylation is 2. The van der Waals surface area contributed by atoms with Crippen LogP contribution in [0.25, 0.3) is 44.8 Å². The second kappa shape index (κ2) is 12.1. The van der Waals surface area contributed by atoms with E-state index in [9.17, 15) is 0 Å². The van der Waals surface area contributed by atoms with Gasteiger partial charge in [0, 0.05) is 0 Å². The smallest absolute Gasteiger partial charge is 1.00 e. The van der Waals surface area contributed by atoms with Crippen LogP contribution in [0.5, 0.6) is 0 Å². The molecule has 3 heteroatoms. The molecule has 0 saturated heterocycles. The van der Waals surface area contributed by atoms with Crippen LogP contribution in [-0.2, 0) is 23.2 Å². The number of benzene rings is 6. The number of hydrogen-bond donors (Lipinski definition) is 0. The number of halogens is 2. The first-order chi connectivity index (χ1) is 20.1. The summed E-state index contributed by atoms with van der Waals surface area (Å²) < 4.78 is 0.964. The van der Waals surface area contributed by atoms with Gasteiger partial charge in [-0.15, -0.1) is 0 Å². The molecule has 0 aromatic heterocycles. The van der Waals surface area contributed by atoms with Crippen molar-refractivity contribution in [2.75, 3.05) is 0 Å². The number of fused-ring (bicyclic) bond motifs is 4. The van der Waals surface area contributed by atoms with Gasteiger partial charge in [0.1, 0.15) is 0 Å². The molecule has 6 aromatic rings. The summed E-state index contributed by atoms with van der Waals surface area (Å²) in [6.45, 7) is 4.48. The Kier molecular flexibility index (Phi) is 8.36. The van der Waals surface area contributed by atoms with Gasteiger partial charge in [-0.25, -0.2) is 0 Å². The Morgan fingerprint density at radius 3 is 1.33 bits per heavy atom. The van der Waals surface area contributed by atoms with Crippen molar-refractivity contribution >= 4 is 44.8 Å². The molecule has 2 aliphatic rings. The molecular weight excluding hydrogens is 643 g/mol. The van der Waals surface area contributed by atoms with E-state index in [1.54, 1.807) is 0 Å². The van der Waals surface area contributed by atoms with Gasteiger partial charge < -0.3 is 24.8 Å². The van der Waals surface area contributed by atoms with Gasteiger partial charge in [-0.3, -0.25) is 0 Å². The van der Waals surface area contributed by atoms with Gasteiger partial charge in [0.15, 0.2) is 0 Å². The molecule has 0 amide bonds. The summed E-state index contributed by atoms with van der Waals surface area (Å²) in [7, 11) is 0. The molecule has 0 N–H and O–H groups in total. The maximum absolute atomic E-state index is 2.51. The Morgan fingerprint density at radius 1 is 0.465 bits per heavy atom. The summed E-state index contributed by atoms with van der Waals surface area (Å²) in [5, 5.41) is 5.41. The fourth-order valence-corrected chi connectivity index (χ4v) is 12.1. The zero-order valence-corrected chi connectivity index (χ0v) is 28.1. The van der Waals surface area contributed by atoms with Crippen molar-refractivity contribution in [1.82, 2.24) is 0 Å². The van der Waals surface area contributed by atoms with Gasteiger partial charge in [-0.1, -0.05) is 0 Å². The molecule has 0 bridgehead atoms. The Morgan fingerprint density at radius 2 is 0.860 bits per heavy atom. The standard InChI is InChI=1S/2C20H15.2ClH.Zr/c2*1-14-10-17-8-4-5-9-19(17)20(11-14)18-12-15-6-2-3-7-16(15)13-18;;;/h2*2-13H,1H3;2*1H;/q;;;;+2/p-2. The van der Waals surface area contributed by atoms with E-state index >= 15 is 0 Å². The minimum Gasteiger partial charge on any atom is -1.00 e. The van der Waals surface area contributed by atoms with Crippen LogP contribution in [0.2, 0.25) is 0 Å². The fraction of sp³-hybridized carbons (Fsp3) is 0.100. The topological polar surface area (TPSA) is 0 Å². The van der Waals surface area contributed by atoms with Gasteiger partial charge >= 0.3 is 255 Å². The van der Waals surface area contributed by atoms with Crippen molar-refractivity contribution in [2.24, 2.45) is 0 Å². The predicted molar refractivity (Wildman–Crippen MR) is 171 cm³/mol. The van der Waals surface area contributed by atoms with Crippen molar-refractivity contribution in [1.29, 1.82) is 0 Å². The fourth-order valence-electron chi connectivity index (χ4n) is 7.04. The molecular formula is C40H30Cl2Zr. The van der Waals surface area contributed by atoms with E-state index in [4.69, 9.17) is 0 Å². The SMILES string of the molecule is Cc1cc(C2=Cc3ccccc3[CH]2[Zr+2][CH]2C(c3cc(C)cc4ccccc34)=Cc3ccccc32)c2ccccc2c1.[Cl-].[Cl-]. The van der Waals surface area contributed by atoms with E-state index in [2.05, 4.69) is 147 Å². The number of allylic oxidation sites excluding steroid dienone is 2. The Labute approximate surface area is 277 Å². The average molecular weight is 673 g/mol. The number of hydrogen-bond acceptors (Lipinski definition) is 0. The molecule has 6 aromatic carbocycles. The number of rotatable bonds is 4. The van der Waals surface area contributed by atoms with Crippen molar-refractivity contribution in [2.45, 2.75) is 21.1 Å². The Bertz CT molecular complexity index is 1920. The second-order valence-electron chi connectivity index (χ2n) is 11.6. The van der Waals surface area contributed by atoms with Gasteiger partial charge in [0.25, 0.3) is 0 Å². The quantitative estimate of drug-likeness (QED) is 0.257. The molecule has 0 nitrogen and oxygen atoms in total. The van der Waals surface area contributed by atoms with E-state index in [1.165, 1.54) is 77.2 Å². The Balaban J connectivity index is 0.00000165. The molecule has 0 saturated carbocycles. The third-order valence-corrected chi connectivity index (χ3v) is 13.5. The second-order valence-corrected chi connectivity index (χ2v) is 15.2. The first-order valence-electron chi connectivity index (χ1n) is 14.5. The summed E-state index contributed by atoms with van der Waals surface area (Å²) in [6.07, 6.45) is 5.02. The van der Waals surface area contributed by atoms with Crippen molar-refractivity contribution < 1.29 is 48.0 Å². The van der Waals surface area contributed by atoms with Crippen LogP contribution in [0.15, 0.2) is 121 Å². The minimum atomic E-state index is -1.13. The van der Waals surface area contributed by atoms with Gasteiger partial charge in [0.2, 0.25) is 0 Å². The molecule has 208 valence electrons.